The van der Waals surface area contributed by atoms with E-state index >= 15 is 0 Å². The molecule has 1 fully saturated rings. The first-order valence-electron chi connectivity index (χ1n) is 7.44. The number of nitrogens with zero attached hydrogens (tertiary/aromatic N) is 2. The monoisotopic (exact) mass is 255 g/mol. The van der Waals surface area contributed by atoms with Gasteiger partial charge in [-0.05, 0) is 32.1 Å². The predicted molar refractivity (Wildman–Crippen MR) is 75.4 cm³/mol. The molecule has 4 nitrogen and oxygen atoms in total. The van der Waals surface area contributed by atoms with Gasteiger partial charge < -0.3 is 10.6 Å². The lowest BCUT2D eigenvalue weighted by Crippen LogP contribution is -2.47. The van der Waals surface area contributed by atoms with Crippen molar-refractivity contribution in [3.8, 4) is 0 Å². The number of nitrogens with two attached hydrogens (primary N) is 1. The average molecular weight is 255 g/mol. The van der Waals surface area contributed by atoms with Gasteiger partial charge in [-0.15, -0.1) is 0 Å². The summed E-state index contributed by atoms with van der Waals surface area (Å²) in [6, 6.07) is 0.488. The summed E-state index contributed by atoms with van der Waals surface area (Å²) in [4.78, 5) is 16.5. The van der Waals surface area contributed by atoms with Gasteiger partial charge in [0.25, 0.3) is 0 Å². The minimum absolute atomic E-state index is 0.287. The van der Waals surface area contributed by atoms with E-state index in [-0.39, 0.29) is 5.91 Å². The number of hydrogen-bond acceptors (Lipinski definition) is 3. The molecule has 0 spiro atoms. The van der Waals surface area contributed by atoms with Gasteiger partial charge in [0.15, 0.2) is 0 Å². The van der Waals surface area contributed by atoms with Gasteiger partial charge in [0, 0.05) is 32.2 Å². The van der Waals surface area contributed by atoms with Crippen molar-refractivity contribution in [3.63, 3.8) is 0 Å². The van der Waals surface area contributed by atoms with Crippen LogP contribution >= 0.6 is 0 Å². The lowest BCUT2D eigenvalue weighted by Gasteiger charge is -2.33. The Morgan fingerprint density at radius 3 is 2.33 bits per heavy atom. The zero-order chi connectivity index (χ0) is 13.4. The van der Waals surface area contributed by atoms with E-state index in [4.69, 9.17) is 5.73 Å². The van der Waals surface area contributed by atoms with E-state index in [9.17, 15) is 4.79 Å². The second kappa shape index (κ2) is 8.48. The second-order valence-electron chi connectivity index (χ2n) is 5.17. The number of hydrogen-bond donors (Lipinski definition) is 1. The topological polar surface area (TPSA) is 49.6 Å². The Balaban J connectivity index is 2.50. The Bertz CT molecular complexity index is 235. The number of amides is 1. The van der Waals surface area contributed by atoms with Crippen LogP contribution < -0.4 is 5.73 Å². The van der Waals surface area contributed by atoms with Crippen molar-refractivity contribution in [2.75, 3.05) is 32.7 Å². The third-order valence-corrected chi connectivity index (χ3v) is 3.92. The minimum atomic E-state index is 0.287. The zero-order valence-electron chi connectivity index (χ0n) is 12.0. The molecule has 0 aromatic heterocycles. The number of likely N-dealkylation sites (tertiary alicyclic amines) is 1. The highest BCUT2D eigenvalue weighted by atomic mass is 16.2. The summed E-state index contributed by atoms with van der Waals surface area (Å²) < 4.78 is 0. The predicted octanol–water partition coefficient (Wildman–Crippen LogP) is 1.45. The molecule has 0 saturated carbocycles. The van der Waals surface area contributed by atoms with E-state index in [1.807, 2.05) is 4.90 Å². The van der Waals surface area contributed by atoms with E-state index in [2.05, 4.69) is 18.7 Å². The van der Waals surface area contributed by atoms with Crippen molar-refractivity contribution in [1.29, 1.82) is 0 Å². The van der Waals surface area contributed by atoms with Crippen LogP contribution in [0.15, 0.2) is 0 Å². The molecule has 0 aromatic rings. The summed E-state index contributed by atoms with van der Waals surface area (Å²) in [5, 5.41) is 0. The van der Waals surface area contributed by atoms with E-state index in [1.165, 1.54) is 6.42 Å². The molecule has 0 aromatic carbocycles. The number of carbonyl (C=O) groups is 1. The third kappa shape index (κ3) is 4.58. The lowest BCUT2D eigenvalue weighted by molar-refractivity contribution is -0.133. The number of carbonyl (C=O) groups excluding carboxylic acids is 1. The van der Waals surface area contributed by atoms with Gasteiger partial charge >= 0.3 is 0 Å². The molecule has 1 heterocycles. The third-order valence-electron chi connectivity index (χ3n) is 3.92. The molecule has 4 heteroatoms. The molecule has 18 heavy (non-hydrogen) atoms. The van der Waals surface area contributed by atoms with Crippen molar-refractivity contribution in [1.82, 2.24) is 9.80 Å². The fourth-order valence-corrected chi connectivity index (χ4v) is 2.78. The summed E-state index contributed by atoms with van der Waals surface area (Å²) in [6.07, 6.45) is 5.76. The normalized spacial score (nSPS) is 16.6. The molecule has 1 rings (SSSR count). The van der Waals surface area contributed by atoms with Crippen molar-refractivity contribution >= 4 is 5.91 Å². The molecule has 0 atom stereocenters. The minimum Gasteiger partial charge on any atom is -0.342 e. The van der Waals surface area contributed by atoms with Gasteiger partial charge in [0.2, 0.25) is 5.91 Å². The first kappa shape index (κ1) is 15.4. The summed E-state index contributed by atoms with van der Waals surface area (Å²) in [7, 11) is 0. The van der Waals surface area contributed by atoms with Crippen LogP contribution in [0.1, 0.15) is 46.0 Å². The molecule has 0 aliphatic carbocycles. The number of rotatable bonds is 7. The van der Waals surface area contributed by atoms with Crippen molar-refractivity contribution in [2.24, 2.45) is 5.73 Å². The summed E-state index contributed by atoms with van der Waals surface area (Å²) >= 11 is 0. The van der Waals surface area contributed by atoms with Gasteiger partial charge in [-0.1, -0.05) is 13.8 Å². The molecule has 0 bridgehead atoms. The molecule has 0 unspecified atom stereocenters. The average Bonchev–Trinajstić information content (AvgIpc) is 2.41. The Kier molecular flexibility index (Phi) is 7.28. The highest BCUT2D eigenvalue weighted by Gasteiger charge is 2.22. The van der Waals surface area contributed by atoms with Crippen molar-refractivity contribution in [2.45, 2.75) is 52.0 Å². The van der Waals surface area contributed by atoms with Crippen LogP contribution in [0.5, 0.6) is 0 Å². The van der Waals surface area contributed by atoms with Crippen LogP contribution in [0.3, 0.4) is 0 Å². The van der Waals surface area contributed by atoms with E-state index in [0.717, 1.165) is 45.3 Å². The van der Waals surface area contributed by atoms with Crippen molar-refractivity contribution in [3.05, 3.63) is 0 Å². The first-order valence-corrected chi connectivity index (χ1v) is 7.44. The summed E-state index contributed by atoms with van der Waals surface area (Å²) in [5.74, 6) is 0.287. The van der Waals surface area contributed by atoms with E-state index in [1.54, 1.807) is 0 Å². The number of piperidine rings is 1. The van der Waals surface area contributed by atoms with Crippen LogP contribution in [-0.2, 0) is 4.79 Å². The largest absolute Gasteiger partial charge is 0.342 e. The highest BCUT2D eigenvalue weighted by molar-refractivity contribution is 5.78. The Labute approximate surface area is 111 Å². The van der Waals surface area contributed by atoms with Crippen LogP contribution in [0.4, 0.5) is 0 Å². The lowest BCUT2D eigenvalue weighted by atomic mass is 10.1. The molecule has 1 aliphatic heterocycles. The van der Waals surface area contributed by atoms with Gasteiger partial charge in [0.1, 0.15) is 0 Å². The van der Waals surface area contributed by atoms with Crippen LogP contribution in [0.25, 0.3) is 0 Å². The molecule has 0 radical (unpaired) electrons. The maximum absolute atomic E-state index is 12.3. The maximum Gasteiger partial charge on any atom is 0.236 e. The molecule has 1 aliphatic rings. The van der Waals surface area contributed by atoms with Crippen LogP contribution in [0, 0.1) is 0 Å². The van der Waals surface area contributed by atoms with E-state index in [0.29, 0.717) is 19.1 Å². The molecule has 2 N–H and O–H groups in total. The van der Waals surface area contributed by atoms with Gasteiger partial charge in [-0.2, -0.15) is 0 Å². The molecule has 106 valence electrons. The molecular formula is C14H29N3O. The standard InChI is InChI=1S/C14H29N3O/c1-3-13(4-2)17(11-8-15)12-14(18)16-9-6-5-7-10-16/h13H,3-12,15H2,1-2H3. The summed E-state index contributed by atoms with van der Waals surface area (Å²) in [6.45, 7) is 8.25. The smallest absolute Gasteiger partial charge is 0.236 e. The van der Waals surface area contributed by atoms with Crippen LogP contribution in [-0.4, -0.2) is 54.5 Å². The van der Waals surface area contributed by atoms with Gasteiger partial charge in [-0.25, -0.2) is 0 Å². The van der Waals surface area contributed by atoms with Crippen molar-refractivity contribution < 1.29 is 4.79 Å². The van der Waals surface area contributed by atoms with E-state index < -0.39 is 0 Å². The Hall–Kier alpha value is -0.610. The molecule has 1 amide bonds. The Morgan fingerprint density at radius 1 is 1.22 bits per heavy atom. The molecular weight excluding hydrogens is 226 g/mol. The van der Waals surface area contributed by atoms with Crippen LogP contribution in [0.2, 0.25) is 0 Å². The fraction of sp³-hybridized carbons (Fsp3) is 0.929. The SMILES string of the molecule is CCC(CC)N(CCN)CC(=O)N1CCCCC1. The molecule has 1 saturated heterocycles. The first-order chi connectivity index (χ1) is 8.72. The maximum atomic E-state index is 12.3. The Morgan fingerprint density at radius 2 is 1.83 bits per heavy atom. The quantitative estimate of drug-likeness (QED) is 0.749. The highest BCUT2D eigenvalue weighted by Crippen LogP contribution is 2.12. The van der Waals surface area contributed by atoms with Gasteiger partial charge in [0.05, 0.1) is 6.54 Å². The second-order valence-corrected chi connectivity index (χ2v) is 5.17. The fourth-order valence-electron chi connectivity index (χ4n) is 2.78. The summed E-state index contributed by atoms with van der Waals surface area (Å²) in [5.41, 5.74) is 5.66. The zero-order valence-corrected chi connectivity index (χ0v) is 12.0. The van der Waals surface area contributed by atoms with Gasteiger partial charge in [-0.3, -0.25) is 9.69 Å².